The van der Waals surface area contributed by atoms with E-state index in [1.165, 1.54) is 21.4 Å². The Morgan fingerprint density at radius 3 is 2.30 bits per heavy atom. The minimum absolute atomic E-state index is 0.187. The molecule has 1 heterocycles. The van der Waals surface area contributed by atoms with E-state index in [0.717, 1.165) is 36.1 Å². The van der Waals surface area contributed by atoms with Crippen LogP contribution in [-0.4, -0.2) is 10.5 Å². The smallest absolute Gasteiger partial charge is 0.279 e. The molecule has 1 amide bonds. The van der Waals surface area contributed by atoms with Gasteiger partial charge in [-0.25, -0.2) is 0 Å². The Balaban J connectivity index is 1.63. The molecule has 0 aliphatic carbocycles. The summed E-state index contributed by atoms with van der Waals surface area (Å²) in [4.78, 5) is 18.1. The molecule has 3 aromatic carbocycles. The monoisotopic (exact) mass is 414 g/mol. The zero-order valence-corrected chi connectivity index (χ0v) is 18.3. The lowest BCUT2D eigenvalue weighted by Crippen LogP contribution is -2.16. The number of aromatic nitrogens is 1. The van der Waals surface area contributed by atoms with Gasteiger partial charge in [0.15, 0.2) is 4.80 Å². The molecular formula is C26H26N2OS. The van der Waals surface area contributed by atoms with Crippen molar-refractivity contribution in [3.05, 3.63) is 99.9 Å². The van der Waals surface area contributed by atoms with Crippen molar-refractivity contribution in [1.29, 1.82) is 0 Å². The third-order valence-corrected chi connectivity index (χ3v) is 6.29. The predicted molar refractivity (Wildman–Crippen MR) is 125 cm³/mol. The molecule has 3 nitrogen and oxygen atoms in total. The van der Waals surface area contributed by atoms with Gasteiger partial charge in [0.2, 0.25) is 0 Å². The Bertz CT molecular complexity index is 1220. The summed E-state index contributed by atoms with van der Waals surface area (Å²) in [5.41, 5.74) is 5.54. The molecule has 30 heavy (non-hydrogen) atoms. The molecule has 0 N–H and O–H groups in total. The molecule has 0 unspecified atom stereocenters. The van der Waals surface area contributed by atoms with Gasteiger partial charge in [0.05, 0.1) is 10.2 Å². The van der Waals surface area contributed by atoms with Gasteiger partial charge in [-0.1, -0.05) is 73.7 Å². The number of carbonyl (C=O) groups is 1. The van der Waals surface area contributed by atoms with Crippen molar-refractivity contribution in [3.63, 3.8) is 0 Å². The van der Waals surface area contributed by atoms with Gasteiger partial charge < -0.3 is 4.57 Å². The molecule has 0 atom stereocenters. The summed E-state index contributed by atoms with van der Waals surface area (Å²) in [6.45, 7) is 5.16. The number of amides is 1. The highest BCUT2D eigenvalue weighted by molar-refractivity contribution is 7.16. The van der Waals surface area contributed by atoms with Crippen LogP contribution in [0.2, 0.25) is 0 Å². The van der Waals surface area contributed by atoms with Gasteiger partial charge >= 0.3 is 0 Å². The molecule has 4 rings (SSSR count). The second-order valence-electron chi connectivity index (χ2n) is 7.47. The van der Waals surface area contributed by atoms with Crippen LogP contribution in [0.15, 0.2) is 77.8 Å². The molecular weight excluding hydrogens is 388 g/mol. The first kappa shape index (κ1) is 20.3. The number of carbonyl (C=O) groups excluding carboxylic acids is 1. The lowest BCUT2D eigenvalue weighted by Gasteiger charge is -2.04. The summed E-state index contributed by atoms with van der Waals surface area (Å²) in [7, 11) is 0. The molecule has 0 saturated carbocycles. The van der Waals surface area contributed by atoms with Gasteiger partial charge in [-0.3, -0.25) is 4.79 Å². The Kier molecular flexibility index (Phi) is 6.24. The molecule has 1 aromatic heterocycles. The Morgan fingerprint density at radius 1 is 0.900 bits per heavy atom. The van der Waals surface area contributed by atoms with Gasteiger partial charge in [0, 0.05) is 12.1 Å². The van der Waals surface area contributed by atoms with Crippen molar-refractivity contribution >= 4 is 27.5 Å². The zero-order chi connectivity index (χ0) is 20.9. The summed E-state index contributed by atoms with van der Waals surface area (Å²) in [6, 6.07) is 24.7. The lowest BCUT2D eigenvalue weighted by molar-refractivity contribution is 0.0998. The molecule has 152 valence electrons. The van der Waals surface area contributed by atoms with Crippen molar-refractivity contribution in [2.75, 3.05) is 0 Å². The molecule has 0 radical (unpaired) electrons. The molecule has 4 aromatic rings. The van der Waals surface area contributed by atoms with E-state index in [9.17, 15) is 4.79 Å². The average molecular weight is 415 g/mol. The van der Waals surface area contributed by atoms with Crippen molar-refractivity contribution in [2.45, 2.75) is 39.7 Å². The summed E-state index contributed by atoms with van der Waals surface area (Å²) in [6.07, 6.45) is 2.86. The largest absolute Gasteiger partial charge is 0.316 e. The molecule has 0 aliphatic rings. The standard InChI is InChI=1S/C26H26N2OS/c1-3-16-28-23-15-12-19(4-2)18-24(23)30-26(28)27-25(29)22-13-10-21(11-14-22)17-20-8-6-5-7-9-20/h5-15,18H,3-4,16-17H2,1-2H3. The maximum Gasteiger partial charge on any atom is 0.279 e. The fourth-order valence-electron chi connectivity index (χ4n) is 3.61. The van der Waals surface area contributed by atoms with Gasteiger partial charge in [-0.05, 0) is 60.2 Å². The Hall–Kier alpha value is -2.98. The Labute approximate surface area is 181 Å². The number of hydrogen-bond acceptors (Lipinski definition) is 2. The molecule has 4 heteroatoms. The van der Waals surface area contributed by atoms with Crippen molar-refractivity contribution in [1.82, 2.24) is 4.57 Å². The zero-order valence-electron chi connectivity index (χ0n) is 17.5. The number of nitrogens with zero attached hydrogens (tertiary/aromatic N) is 2. The predicted octanol–water partition coefficient (Wildman–Crippen LogP) is 6.01. The van der Waals surface area contributed by atoms with Crippen LogP contribution in [0.1, 0.15) is 47.3 Å². The van der Waals surface area contributed by atoms with Crippen LogP contribution >= 0.6 is 11.3 Å². The van der Waals surface area contributed by atoms with Crippen LogP contribution in [-0.2, 0) is 19.4 Å². The minimum atomic E-state index is -0.187. The van der Waals surface area contributed by atoms with E-state index in [0.29, 0.717) is 5.56 Å². The van der Waals surface area contributed by atoms with Gasteiger partial charge in [-0.2, -0.15) is 4.99 Å². The summed E-state index contributed by atoms with van der Waals surface area (Å²) in [5, 5.41) is 0. The van der Waals surface area contributed by atoms with Gasteiger partial charge in [0.1, 0.15) is 0 Å². The van der Waals surface area contributed by atoms with E-state index in [1.807, 2.05) is 42.5 Å². The SMILES string of the molecule is CCCn1c(=NC(=O)c2ccc(Cc3ccccc3)cc2)sc2cc(CC)ccc21. The summed E-state index contributed by atoms with van der Waals surface area (Å²) in [5.74, 6) is -0.187. The van der Waals surface area contributed by atoms with Crippen LogP contribution in [0.3, 0.4) is 0 Å². The number of thiazole rings is 1. The number of benzene rings is 3. The van der Waals surface area contributed by atoms with Crippen molar-refractivity contribution in [3.8, 4) is 0 Å². The quantitative estimate of drug-likeness (QED) is 0.381. The topological polar surface area (TPSA) is 34.4 Å². The second kappa shape index (κ2) is 9.23. The van der Waals surface area contributed by atoms with Crippen LogP contribution in [0.5, 0.6) is 0 Å². The first-order valence-corrected chi connectivity index (χ1v) is 11.3. The third kappa shape index (κ3) is 4.44. The van der Waals surface area contributed by atoms with E-state index in [1.54, 1.807) is 11.3 Å². The maximum atomic E-state index is 12.9. The molecule has 0 spiro atoms. The lowest BCUT2D eigenvalue weighted by atomic mass is 10.0. The number of fused-ring (bicyclic) bond motifs is 1. The second-order valence-corrected chi connectivity index (χ2v) is 8.48. The molecule has 0 saturated heterocycles. The van der Waals surface area contributed by atoms with E-state index < -0.39 is 0 Å². The first-order valence-electron chi connectivity index (χ1n) is 10.5. The first-order chi connectivity index (χ1) is 14.7. The van der Waals surface area contributed by atoms with Crippen LogP contribution in [0.4, 0.5) is 0 Å². The van der Waals surface area contributed by atoms with Gasteiger partial charge in [-0.15, -0.1) is 0 Å². The highest BCUT2D eigenvalue weighted by Crippen LogP contribution is 2.20. The van der Waals surface area contributed by atoms with Crippen LogP contribution in [0, 0.1) is 0 Å². The third-order valence-electron chi connectivity index (χ3n) is 5.25. The summed E-state index contributed by atoms with van der Waals surface area (Å²) >= 11 is 1.60. The molecule has 0 fully saturated rings. The van der Waals surface area contributed by atoms with E-state index in [2.05, 4.69) is 53.7 Å². The van der Waals surface area contributed by atoms with Crippen LogP contribution in [0.25, 0.3) is 10.2 Å². The van der Waals surface area contributed by atoms with Gasteiger partial charge in [0.25, 0.3) is 5.91 Å². The summed E-state index contributed by atoms with van der Waals surface area (Å²) < 4.78 is 3.36. The van der Waals surface area contributed by atoms with Crippen LogP contribution < -0.4 is 4.80 Å². The number of hydrogen-bond donors (Lipinski definition) is 0. The molecule has 0 bridgehead atoms. The molecule has 0 aliphatic heterocycles. The van der Waals surface area contributed by atoms with Crippen molar-refractivity contribution < 1.29 is 4.79 Å². The number of rotatable bonds is 6. The number of aryl methyl sites for hydroxylation is 2. The van der Waals surface area contributed by atoms with E-state index in [-0.39, 0.29) is 5.91 Å². The fraction of sp³-hybridized carbons (Fsp3) is 0.231. The average Bonchev–Trinajstić information content (AvgIpc) is 3.11. The van der Waals surface area contributed by atoms with E-state index >= 15 is 0 Å². The van der Waals surface area contributed by atoms with Crippen molar-refractivity contribution in [2.24, 2.45) is 4.99 Å². The normalized spacial score (nSPS) is 11.9. The fourth-order valence-corrected chi connectivity index (χ4v) is 4.73. The highest BCUT2D eigenvalue weighted by Gasteiger charge is 2.10. The minimum Gasteiger partial charge on any atom is -0.316 e. The highest BCUT2D eigenvalue weighted by atomic mass is 32.1. The Morgan fingerprint density at radius 2 is 1.60 bits per heavy atom. The maximum absolute atomic E-state index is 12.9. The van der Waals surface area contributed by atoms with E-state index in [4.69, 9.17) is 0 Å².